The van der Waals surface area contributed by atoms with Gasteiger partial charge in [-0.05, 0) is 37.0 Å². The molecule has 0 aliphatic carbocycles. The van der Waals surface area contributed by atoms with Gasteiger partial charge in [0, 0.05) is 18.8 Å². The van der Waals surface area contributed by atoms with Crippen molar-refractivity contribution >= 4 is 11.6 Å². The maximum atomic E-state index is 13.6. The average Bonchev–Trinajstić information content (AvgIpc) is 2.61. The SMILES string of the molecule is CCC.CCC(C)CC.CCCN(CCC)c1ccc(C(N)=O)c(F)c1. The molecule has 0 saturated carbocycles. The highest BCUT2D eigenvalue weighted by Gasteiger charge is 2.11. The van der Waals surface area contributed by atoms with Gasteiger partial charge in [-0.3, -0.25) is 4.79 Å². The first-order valence-corrected chi connectivity index (χ1v) is 10.2. The molecule has 0 saturated heterocycles. The van der Waals surface area contributed by atoms with Gasteiger partial charge in [-0.2, -0.15) is 0 Å². The summed E-state index contributed by atoms with van der Waals surface area (Å²) in [4.78, 5) is 13.0. The Bertz CT molecular complexity index is 467. The van der Waals surface area contributed by atoms with Crippen molar-refractivity contribution in [1.82, 2.24) is 0 Å². The highest BCUT2D eigenvalue weighted by atomic mass is 19.1. The first-order chi connectivity index (χ1) is 12.3. The van der Waals surface area contributed by atoms with Crippen molar-refractivity contribution in [2.75, 3.05) is 18.0 Å². The molecule has 2 N–H and O–H groups in total. The molecule has 1 aromatic carbocycles. The third-order valence-corrected chi connectivity index (χ3v) is 3.96. The first kappa shape index (κ1) is 26.6. The summed E-state index contributed by atoms with van der Waals surface area (Å²) in [7, 11) is 0. The zero-order valence-corrected chi connectivity index (χ0v) is 18.1. The minimum Gasteiger partial charge on any atom is -0.371 e. The minimum atomic E-state index is -0.730. The summed E-state index contributed by atoms with van der Waals surface area (Å²) in [6, 6.07) is 4.57. The molecule has 1 amide bonds. The molecule has 0 fully saturated rings. The fourth-order valence-electron chi connectivity index (χ4n) is 2.10. The van der Waals surface area contributed by atoms with Crippen LogP contribution in [0.1, 0.15) is 90.9 Å². The van der Waals surface area contributed by atoms with Gasteiger partial charge in [0.1, 0.15) is 5.82 Å². The third-order valence-electron chi connectivity index (χ3n) is 3.96. The van der Waals surface area contributed by atoms with E-state index >= 15 is 0 Å². The van der Waals surface area contributed by atoms with Gasteiger partial charge in [0.05, 0.1) is 5.56 Å². The van der Waals surface area contributed by atoms with Crippen molar-refractivity contribution in [1.29, 1.82) is 0 Å². The molecule has 0 aliphatic heterocycles. The molecule has 0 aliphatic rings. The number of primary amides is 1. The number of benzene rings is 1. The molecule has 1 rings (SSSR count). The van der Waals surface area contributed by atoms with Gasteiger partial charge in [-0.15, -0.1) is 0 Å². The number of hydrogen-bond donors (Lipinski definition) is 1. The molecule has 0 atom stereocenters. The molecule has 0 radical (unpaired) electrons. The van der Waals surface area contributed by atoms with E-state index in [-0.39, 0.29) is 5.56 Å². The maximum Gasteiger partial charge on any atom is 0.251 e. The van der Waals surface area contributed by atoms with E-state index in [1.807, 2.05) is 0 Å². The van der Waals surface area contributed by atoms with Crippen LogP contribution in [0.2, 0.25) is 0 Å². The Morgan fingerprint density at radius 1 is 1.04 bits per heavy atom. The summed E-state index contributed by atoms with van der Waals surface area (Å²) in [5.74, 6) is -0.344. The Morgan fingerprint density at radius 2 is 1.50 bits per heavy atom. The fourth-order valence-corrected chi connectivity index (χ4v) is 2.10. The van der Waals surface area contributed by atoms with Gasteiger partial charge in [0.15, 0.2) is 0 Å². The molecule has 0 heterocycles. The van der Waals surface area contributed by atoms with Gasteiger partial charge >= 0.3 is 0 Å². The lowest BCUT2D eigenvalue weighted by Gasteiger charge is -2.24. The molecule has 0 spiro atoms. The zero-order valence-electron chi connectivity index (χ0n) is 18.1. The topological polar surface area (TPSA) is 46.3 Å². The molecular formula is C22H41FN2O. The lowest BCUT2D eigenvalue weighted by Crippen LogP contribution is -2.25. The van der Waals surface area contributed by atoms with Crippen molar-refractivity contribution in [3.63, 3.8) is 0 Å². The predicted molar refractivity (Wildman–Crippen MR) is 113 cm³/mol. The van der Waals surface area contributed by atoms with Crippen molar-refractivity contribution < 1.29 is 9.18 Å². The minimum absolute atomic E-state index is 0.0540. The molecule has 1 aromatic rings. The van der Waals surface area contributed by atoms with Crippen LogP contribution in [0.25, 0.3) is 0 Å². The van der Waals surface area contributed by atoms with Crippen LogP contribution < -0.4 is 10.6 Å². The lowest BCUT2D eigenvalue weighted by atomic mass is 10.1. The first-order valence-electron chi connectivity index (χ1n) is 10.2. The molecular weight excluding hydrogens is 327 g/mol. The summed E-state index contributed by atoms with van der Waals surface area (Å²) >= 11 is 0. The molecule has 152 valence electrons. The second kappa shape index (κ2) is 16.9. The van der Waals surface area contributed by atoms with Crippen LogP contribution in [-0.4, -0.2) is 19.0 Å². The quantitative estimate of drug-likeness (QED) is 0.576. The summed E-state index contributed by atoms with van der Waals surface area (Å²) in [5.41, 5.74) is 5.81. The van der Waals surface area contributed by atoms with Crippen LogP contribution in [0.15, 0.2) is 18.2 Å². The lowest BCUT2D eigenvalue weighted by molar-refractivity contribution is 0.0996. The standard InChI is InChI=1S/C13H19FN2O.C6H14.C3H8/c1-3-7-16(8-4-2)10-5-6-11(13(15)17)12(14)9-10;1-4-6(3)5-2;1-3-2/h5-6,9H,3-4,7-8H2,1-2H3,(H2,15,17);6H,4-5H2,1-3H3;3H2,1-2H3. The van der Waals surface area contributed by atoms with E-state index in [1.165, 1.54) is 31.4 Å². The number of halogens is 1. The fraction of sp³-hybridized carbons (Fsp3) is 0.682. The van der Waals surface area contributed by atoms with E-state index in [0.717, 1.165) is 37.5 Å². The monoisotopic (exact) mass is 368 g/mol. The van der Waals surface area contributed by atoms with Crippen molar-refractivity contribution in [3.8, 4) is 0 Å². The van der Waals surface area contributed by atoms with Gasteiger partial charge < -0.3 is 10.6 Å². The van der Waals surface area contributed by atoms with Crippen LogP contribution in [0.5, 0.6) is 0 Å². The average molecular weight is 369 g/mol. The van der Waals surface area contributed by atoms with E-state index in [4.69, 9.17) is 5.73 Å². The number of hydrogen-bond acceptors (Lipinski definition) is 2. The van der Waals surface area contributed by atoms with Crippen LogP contribution in [0.4, 0.5) is 10.1 Å². The van der Waals surface area contributed by atoms with Crippen LogP contribution >= 0.6 is 0 Å². The van der Waals surface area contributed by atoms with E-state index in [1.54, 1.807) is 6.07 Å². The Hall–Kier alpha value is -1.58. The Labute approximate surface area is 161 Å². The highest BCUT2D eigenvalue weighted by Crippen LogP contribution is 2.19. The smallest absolute Gasteiger partial charge is 0.251 e. The van der Waals surface area contributed by atoms with E-state index < -0.39 is 11.7 Å². The summed E-state index contributed by atoms with van der Waals surface area (Å²) in [5, 5.41) is 0. The molecule has 0 bridgehead atoms. The molecule has 0 unspecified atom stereocenters. The van der Waals surface area contributed by atoms with Gasteiger partial charge in [-0.25, -0.2) is 4.39 Å². The van der Waals surface area contributed by atoms with Crippen LogP contribution in [0.3, 0.4) is 0 Å². The van der Waals surface area contributed by atoms with Crippen LogP contribution in [0, 0.1) is 11.7 Å². The summed E-state index contributed by atoms with van der Waals surface area (Å²) in [6.45, 7) is 16.9. The van der Waals surface area contributed by atoms with Crippen molar-refractivity contribution in [2.45, 2.75) is 80.6 Å². The second-order valence-corrected chi connectivity index (χ2v) is 6.64. The van der Waals surface area contributed by atoms with Gasteiger partial charge in [0.2, 0.25) is 0 Å². The van der Waals surface area contributed by atoms with Crippen molar-refractivity contribution in [3.05, 3.63) is 29.6 Å². The number of anilines is 1. The number of nitrogens with zero attached hydrogens (tertiary/aromatic N) is 1. The number of carbonyl (C=O) groups is 1. The normalized spacial score (nSPS) is 9.73. The predicted octanol–water partition coefficient (Wildman–Crippen LogP) is 6.41. The van der Waals surface area contributed by atoms with E-state index in [2.05, 4.69) is 53.4 Å². The van der Waals surface area contributed by atoms with E-state index in [0.29, 0.717) is 0 Å². The molecule has 26 heavy (non-hydrogen) atoms. The summed E-state index contributed by atoms with van der Waals surface area (Å²) < 4.78 is 13.6. The Morgan fingerprint density at radius 3 is 1.77 bits per heavy atom. The highest BCUT2D eigenvalue weighted by molar-refractivity contribution is 5.93. The van der Waals surface area contributed by atoms with Crippen LogP contribution in [-0.2, 0) is 0 Å². The third kappa shape index (κ3) is 11.9. The molecule has 3 nitrogen and oxygen atoms in total. The molecule has 4 heteroatoms. The van der Waals surface area contributed by atoms with Gasteiger partial charge in [0.25, 0.3) is 5.91 Å². The van der Waals surface area contributed by atoms with E-state index in [9.17, 15) is 9.18 Å². The molecule has 0 aromatic heterocycles. The zero-order chi connectivity index (χ0) is 20.5. The number of amides is 1. The number of carbonyl (C=O) groups excluding carboxylic acids is 1. The largest absolute Gasteiger partial charge is 0.371 e. The summed E-state index contributed by atoms with van der Waals surface area (Å²) in [6.07, 6.45) is 5.91. The maximum absolute atomic E-state index is 13.6. The van der Waals surface area contributed by atoms with Gasteiger partial charge in [-0.1, -0.05) is 67.7 Å². The Balaban J connectivity index is 0. The van der Waals surface area contributed by atoms with Crippen molar-refractivity contribution in [2.24, 2.45) is 11.7 Å². The number of nitrogens with two attached hydrogens (primary N) is 1. The number of rotatable bonds is 8. The Kier molecular flexibility index (Phi) is 17.3. The second-order valence-electron chi connectivity index (χ2n) is 6.64.